The predicted octanol–water partition coefficient (Wildman–Crippen LogP) is 0.983. The lowest BCUT2D eigenvalue weighted by Crippen LogP contribution is -2.22. The molecule has 0 bridgehead atoms. The molecule has 0 amide bonds. The summed E-state index contributed by atoms with van der Waals surface area (Å²) in [6.45, 7) is 1.46. The average Bonchev–Trinajstić information content (AvgIpc) is 2.48. The maximum Gasteiger partial charge on any atom is 0.341 e. The van der Waals surface area contributed by atoms with Crippen LogP contribution in [0.25, 0.3) is 10.9 Å². The Morgan fingerprint density at radius 3 is 2.95 bits per heavy atom. The Labute approximate surface area is 120 Å². The Balaban J connectivity index is 2.30. The number of ether oxygens (including phenoxy) is 1. The van der Waals surface area contributed by atoms with E-state index >= 15 is 0 Å². The van der Waals surface area contributed by atoms with Crippen molar-refractivity contribution in [2.24, 2.45) is 5.73 Å². The zero-order valence-electron chi connectivity index (χ0n) is 11.5. The molecule has 2 heterocycles. The number of aromatic carboxylic acids is 1. The second-order valence-corrected chi connectivity index (χ2v) is 5.09. The first-order chi connectivity index (χ1) is 10.1. The molecule has 0 aliphatic carbocycles. The molecule has 0 unspecified atom stereocenters. The van der Waals surface area contributed by atoms with Crippen molar-refractivity contribution in [1.29, 1.82) is 0 Å². The molecule has 0 atom stereocenters. The van der Waals surface area contributed by atoms with Crippen molar-refractivity contribution >= 4 is 16.9 Å². The van der Waals surface area contributed by atoms with Gasteiger partial charge in [0.15, 0.2) is 0 Å². The molecule has 21 heavy (non-hydrogen) atoms. The Morgan fingerprint density at radius 2 is 2.24 bits per heavy atom. The number of benzene rings is 1. The van der Waals surface area contributed by atoms with Gasteiger partial charge in [0, 0.05) is 19.3 Å². The minimum absolute atomic E-state index is 0.202. The Bertz CT molecular complexity index is 779. The molecule has 0 fully saturated rings. The normalized spacial score (nSPS) is 13.4. The van der Waals surface area contributed by atoms with Crippen LogP contribution in [0.4, 0.5) is 0 Å². The topological polar surface area (TPSA) is 94.6 Å². The fraction of sp³-hybridized carbons (Fsp3) is 0.333. The van der Waals surface area contributed by atoms with E-state index in [4.69, 9.17) is 10.5 Å². The largest absolute Gasteiger partial charge is 0.492 e. The number of pyridine rings is 1. The van der Waals surface area contributed by atoms with E-state index < -0.39 is 11.4 Å². The minimum Gasteiger partial charge on any atom is -0.492 e. The van der Waals surface area contributed by atoms with Gasteiger partial charge < -0.3 is 20.1 Å². The fourth-order valence-electron chi connectivity index (χ4n) is 2.82. The van der Waals surface area contributed by atoms with Crippen molar-refractivity contribution < 1.29 is 14.6 Å². The molecule has 0 saturated carbocycles. The van der Waals surface area contributed by atoms with Gasteiger partial charge in [-0.2, -0.15) is 0 Å². The molecule has 3 N–H and O–H groups in total. The highest BCUT2D eigenvalue weighted by Gasteiger charge is 2.20. The monoisotopic (exact) mass is 288 g/mol. The Morgan fingerprint density at radius 1 is 1.43 bits per heavy atom. The van der Waals surface area contributed by atoms with Crippen LogP contribution in [0, 0.1) is 0 Å². The molecule has 0 radical (unpaired) electrons. The van der Waals surface area contributed by atoms with Crippen LogP contribution in [-0.4, -0.2) is 28.8 Å². The maximum atomic E-state index is 12.4. The SMILES string of the molecule is NCCOc1cc2c3c(c1)c(=O)c(C(=O)O)cn3CCC2. The summed E-state index contributed by atoms with van der Waals surface area (Å²) in [6.07, 6.45) is 3.20. The second-order valence-electron chi connectivity index (χ2n) is 5.09. The molecule has 0 saturated heterocycles. The van der Waals surface area contributed by atoms with Crippen LogP contribution in [0.1, 0.15) is 22.3 Å². The number of rotatable bonds is 4. The van der Waals surface area contributed by atoms with Crippen molar-refractivity contribution in [2.75, 3.05) is 13.2 Å². The van der Waals surface area contributed by atoms with E-state index in [9.17, 15) is 14.7 Å². The van der Waals surface area contributed by atoms with Crippen LogP contribution in [0.15, 0.2) is 23.1 Å². The molecule has 1 aromatic heterocycles. The fourth-order valence-corrected chi connectivity index (χ4v) is 2.82. The van der Waals surface area contributed by atoms with Gasteiger partial charge in [0.2, 0.25) is 5.43 Å². The quantitative estimate of drug-likeness (QED) is 0.874. The van der Waals surface area contributed by atoms with Gasteiger partial charge in [-0.1, -0.05) is 0 Å². The highest BCUT2D eigenvalue weighted by molar-refractivity contribution is 5.94. The third kappa shape index (κ3) is 2.27. The van der Waals surface area contributed by atoms with Crippen molar-refractivity contribution in [2.45, 2.75) is 19.4 Å². The molecule has 1 aliphatic rings. The number of carboxylic acids is 1. The van der Waals surface area contributed by atoms with E-state index in [-0.39, 0.29) is 5.56 Å². The first-order valence-corrected chi connectivity index (χ1v) is 6.88. The molecule has 1 aromatic carbocycles. The zero-order chi connectivity index (χ0) is 15.0. The molecular formula is C15H16N2O4. The summed E-state index contributed by atoms with van der Waals surface area (Å²) >= 11 is 0. The van der Waals surface area contributed by atoms with Crippen molar-refractivity contribution in [3.05, 3.63) is 39.7 Å². The Kier molecular flexibility index (Phi) is 3.39. The number of nitrogens with zero attached hydrogens (tertiary/aromatic N) is 1. The summed E-state index contributed by atoms with van der Waals surface area (Å²) in [5.74, 6) is -0.637. The first-order valence-electron chi connectivity index (χ1n) is 6.88. The van der Waals surface area contributed by atoms with Gasteiger partial charge >= 0.3 is 5.97 Å². The smallest absolute Gasteiger partial charge is 0.341 e. The summed E-state index contributed by atoms with van der Waals surface area (Å²) in [5, 5.41) is 9.58. The minimum atomic E-state index is -1.20. The number of hydrogen-bond donors (Lipinski definition) is 2. The van der Waals surface area contributed by atoms with E-state index in [0.29, 0.717) is 30.8 Å². The molecule has 1 aliphatic heterocycles. The first kappa shape index (κ1) is 13.6. The van der Waals surface area contributed by atoms with Crippen molar-refractivity contribution in [3.8, 4) is 5.75 Å². The van der Waals surface area contributed by atoms with E-state index in [1.54, 1.807) is 6.07 Å². The summed E-state index contributed by atoms with van der Waals surface area (Å²) < 4.78 is 7.36. The average molecular weight is 288 g/mol. The van der Waals surface area contributed by atoms with E-state index in [0.717, 1.165) is 23.9 Å². The van der Waals surface area contributed by atoms with Crippen LogP contribution in [-0.2, 0) is 13.0 Å². The number of carboxylic acid groups (broad SMARTS) is 1. The molecule has 0 spiro atoms. The molecule has 3 rings (SSSR count). The van der Waals surface area contributed by atoms with Gasteiger partial charge in [-0.05, 0) is 30.5 Å². The number of carbonyl (C=O) groups is 1. The maximum absolute atomic E-state index is 12.4. The van der Waals surface area contributed by atoms with Gasteiger partial charge in [0.25, 0.3) is 0 Å². The molecule has 6 nitrogen and oxygen atoms in total. The third-order valence-electron chi connectivity index (χ3n) is 3.69. The molecule has 6 heteroatoms. The number of aromatic nitrogens is 1. The van der Waals surface area contributed by atoms with Gasteiger partial charge in [-0.25, -0.2) is 4.79 Å². The van der Waals surface area contributed by atoms with Gasteiger partial charge in [-0.3, -0.25) is 4.79 Å². The lowest BCUT2D eigenvalue weighted by atomic mass is 9.99. The molecule has 2 aromatic rings. The standard InChI is InChI=1S/C15H16N2O4/c16-3-5-21-10-6-9-2-1-4-17-8-12(15(19)20)14(18)11(7-10)13(9)17/h6-8H,1-5,16H2,(H,19,20). The van der Waals surface area contributed by atoms with Crippen LogP contribution in [0.5, 0.6) is 5.75 Å². The highest BCUT2D eigenvalue weighted by atomic mass is 16.5. The van der Waals surface area contributed by atoms with Crippen molar-refractivity contribution in [1.82, 2.24) is 4.57 Å². The number of aryl methyl sites for hydroxylation is 2. The summed E-state index contributed by atoms with van der Waals surface area (Å²) in [6, 6.07) is 3.53. The van der Waals surface area contributed by atoms with E-state index in [1.807, 2.05) is 10.6 Å². The second kappa shape index (κ2) is 5.21. The summed E-state index contributed by atoms with van der Waals surface area (Å²) in [4.78, 5) is 23.6. The predicted molar refractivity (Wildman–Crippen MR) is 78.0 cm³/mol. The number of nitrogens with two attached hydrogens (primary N) is 1. The molecule has 110 valence electrons. The lowest BCUT2D eigenvalue weighted by molar-refractivity contribution is 0.0694. The van der Waals surface area contributed by atoms with Gasteiger partial charge in [0.05, 0.1) is 10.9 Å². The van der Waals surface area contributed by atoms with Crippen LogP contribution in [0.2, 0.25) is 0 Å². The highest BCUT2D eigenvalue weighted by Crippen LogP contribution is 2.28. The lowest BCUT2D eigenvalue weighted by Gasteiger charge is -2.21. The van der Waals surface area contributed by atoms with E-state index in [1.165, 1.54) is 6.20 Å². The van der Waals surface area contributed by atoms with Gasteiger partial charge in [0.1, 0.15) is 17.9 Å². The van der Waals surface area contributed by atoms with Crippen LogP contribution < -0.4 is 15.9 Å². The van der Waals surface area contributed by atoms with Crippen molar-refractivity contribution in [3.63, 3.8) is 0 Å². The number of hydrogen-bond acceptors (Lipinski definition) is 4. The zero-order valence-corrected chi connectivity index (χ0v) is 11.5. The van der Waals surface area contributed by atoms with E-state index in [2.05, 4.69) is 0 Å². The molecular weight excluding hydrogens is 272 g/mol. The Hall–Kier alpha value is -2.34. The van der Waals surface area contributed by atoms with Gasteiger partial charge in [-0.15, -0.1) is 0 Å². The summed E-state index contributed by atoms with van der Waals surface area (Å²) in [5.41, 5.74) is 6.58. The van der Waals surface area contributed by atoms with Crippen LogP contribution in [0.3, 0.4) is 0 Å². The third-order valence-corrected chi connectivity index (χ3v) is 3.69. The van der Waals surface area contributed by atoms with Crippen LogP contribution >= 0.6 is 0 Å². The summed E-state index contributed by atoms with van der Waals surface area (Å²) in [7, 11) is 0.